The van der Waals surface area contributed by atoms with Gasteiger partial charge < -0.3 is 4.90 Å². The van der Waals surface area contributed by atoms with Crippen LogP contribution in [0.25, 0.3) is 5.57 Å². The van der Waals surface area contributed by atoms with Crippen molar-refractivity contribution in [2.45, 2.75) is 52.0 Å². The first-order valence-electron chi connectivity index (χ1n) is 12.2. The van der Waals surface area contributed by atoms with Crippen molar-refractivity contribution in [1.82, 2.24) is 20.1 Å². The van der Waals surface area contributed by atoms with Gasteiger partial charge in [0.25, 0.3) is 5.91 Å². The van der Waals surface area contributed by atoms with Gasteiger partial charge in [-0.15, -0.1) is 0 Å². The number of carbonyl (C=O) groups excluding carboxylic acids is 3. The lowest BCUT2D eigenvalue weighted by atomic mass is 9.79. The molecule has 0 aliphatic carbocycles. The second-order valence-corrected chi connectivity index (χ2v) is 10.5. The number of piperidine rings is 1. The van der Waals surface area contributed by atoms with E-state index >= 15 is 0 Å². The molecular formula is C27H27F3N4O3. The largest absolute Gasteiger partial charge is 0.416 e. The van der Waals surface area contributed by atoms with E-state index in [1.165, 1.54) is 17.0 Å². The number of hydrogen-bond donors (Lipinski definition) is 1. The Kier molecular flexibility index (Phi) is 6.18. The molecular weight excluding hydrogens is 485 g/mol. The maximum absolute atomic E-state index is 13.0. The highest BCUT2D eigenvalue weighted by Gasteiger charge is 2.40. The number of nitrogens with zero attached hydrogens (tertiary/aromatic N) is 3. The van der Waals surface area contributed by atoms with Crippen molar-refractivity contribution in [3.8, 4) is 0 Å². The summed E-state index contributed by atoms with van der Waals surface area (Å²) >= 11 is 0. The van der Waals surface area contributed by atoms with Crippen LogP contribution < -0.4 is 5.32 Å². The van der Waals surface area contributed by atoms with Crippen molar-refractivity contribution in [3.63, 3.8) is 0 Å². The summed E-state index contributed by atoms with van der Waals surface area (Å²) in [6.45, 7) is 6.21. The Bertz CT molecular complexity index is 1300. The Balaban J connectivity index is 1.31. The summed E-state index contributed by atoms with van der Waals surface area (Å²) in [6, 6.07) is 8.14. The Labute approximate surface area is 212 Å². The molecule has 37 heavy (non-hydrogen) atoms. The molecule has 3 aliphatic rings. The molecule has 1 fully saturated rings. The highest BCUT2D eigenvalue weighted by molar-refractivity contribution is 6.05. The zero-order chi connectivity index (χ0) is 26.5. The van der Waals surface area contributed by atoms with Gasteiger partial charge >= 0.3 is 6.18 Å². The van der Waals surface area contributed by atoms with Gasteiger partial charge in [0, 0.05) is 31.5 Å². The molecule has 3 amide bonds. The average Bonchev–Trinajstić information content (AvgIpc) is 3.14. The molecule has 0 saturated carbocycles. The molecule has 2 aromatic rings. The van der Waals surface area contributed by atoms with E-state index in [0.29, 0.717) is 37.3 Å². The maximum Gasteiger partial charge on any atom is 0.416 e. The lowest BCUT2D eigenvalue weighted by Crippen LogP contribution is -2.52. The Morgan fingerprint density at radius 2 is 1.81 bits per heavy atom. The van der Waals surface area contributed by atoms with Crippen LogP contribution in [0.4, 0.5) is 13.2 Å². The number of amides is 3. The second-order valence-electron chi connectivity index (χ2n) is 10.5. The van der Waals surface area contributed by atoms with E-state index in [1.807, 2.05) is 6.07 Å². The predicted octanol–water partition coefficient (Wildman–Crippen LogP) is 3.79. The number of imide groups is 1. The summed E-state index contributed by atoms with van der Waals surface area (Å²) in [5, 5.41) is 2.30. The highest BCUT2D eigenvalue weighted by Crippen LogP contribution is 2.39. The van der Waals surface area contributed by atoms with Crippen LogP contribution in [0, 0.1) is 5.41 Å². The van der Waals surface area contributed by atoms with Gasteiger partial charge in [-0.2, -0.15) is 13.2 Å². The Hall–Kier alpha value is -3.53. The lowest BCUT2D eigenvalue weighted by Gasteiger charge is -2.38. The van der Waals surface area contributed by atoms with Crippen LogP contribution in [-0.4, -0.2) is 51.6 Å². The predicted molar refractivity (Wildman–Crippen MR) is 129 cm³/mol. The zero-order valence-corrected chi connectivity index (χ0v) is 20.6. The molecule has 1 saturated heterocycles. The molecule has 10 heteroatoms. The van der Waals surface area contributed by atoms with E-state index in [0.717, 1.165) is 29.0 Å². The maximum atomic E-state index is 13.0. The second kappa shape index (κ2) is 9.09. The van der Waals surface area contributed by atoms with Crippen molar-refractivity contribution in [2.24, 2.45) is 5.41 Å². The summed E-state index contributed by atoms with van der Waals surface area (Å²) in [5.41, 5.74) is 2.72. The van der Waals surface area contributed by atoms with Gasteiger partial charge in [-0.25, -0.2) is 0 Å². The topological polar surface area (TPSA) is 82.6 Å². The van der Waals surface area contributed by atoms with Crippen molar-refractivity contribution < 1.29 is 27.6 Å². The molecule has 1 unspecified atom stereocenters. The summed E-state index contributed by atoms with van der Waals surface area (Å²) in [5.74, 6) is -1.05. The molecule has 1 N–H and O–H groups in total. The standard InChI is InChI=1S/C27H27F3N4O3/c1-26(2)15-33(13-16-3-5-17(6-4-16)27(28,29)30)12-11-19(26)20-8-7-18-21(31-20)14-34(25(18)37)22-9-10-23(35)32-24(22)36/h3-8,11,22H,9-10,12-15H2,1-2H3,(H,32,35,36). The molecule has 194 valence electrons. The Morgan fingerprint density at radius 1 is 1.08 bits per heavy atom. The molecule has 5 rings (SSSR count). The van der Waals surface area contributed by atoms with E-state index in [4.69, 9.17) is 4.98 Å². The molecule has 0 spiro atoms. The zero-order valence-electron chi connectivity index (χ0n) is 20.6. The van der Waals surface area contributed by atoms with Gasteiger partial charge in [0.2, 0.25) is 11.8 Å². The van der Waals surface area contributed by atoms with Crippen LogP contribution in [0.3, 0.4) is 0 Å². The van der Waals surface area contributed by atoms with Crippen LogP contribution in [0.1, 0.15) is 59.6 Å². The smallest absolute Gasteiger partial charge is 0.321 e. The van der Waals surface area contributed by atoms with Crippen LogP contribution >= 0.6 is 0 Å². The van der Waals surface area contributed by atoms with E-state index in [-0.39, 0.29) is 30.2 Å². The average molecular weight is 513 g/mol. The van der Waals surface area contributed by atoms with E-state index in [9.17, 15) is 27.6 Å². The number of aromatic nitrogens is 1. The summed E-state index contributed by atoms with van der Waals surface area (Å²) in [4.78, 5) is 45.2. The van der Waals surface area contributed by atoms with Crippen LogP contribution in [0.2, 0.25) is 0 Å². The third-order valence-electron chi connectivity index (χ3n) is 7.24. The first-order valence-corrected chi connectivity index (χ1v) is 12.2. The minimum absolute atomic E-state index is 0.194. The third-order valence-corrected chi connectivity index (χ3v) is 7.24. The van der Waals surface area contributed by atoms with Crippen molar-refractivity contribution in [1.29, 1.82) is 0 Å². The fourth-order valence-corrected chi connectivity index (χ4v) is 5.42. The van der Waals surface area contributed by atoms with Gasteiger partial charge in [-0.3, -0.25) is 29.6 Å². The van der Waals surface area contributed by atoms with Crippen LogP contribution in [-0.2, 0) is 28.9 Å². The van der Waals surface area contributed by atoms with Gasteiger partial charge in [0.15, 0.2) is 0 Å². The number of rotatable bonds is 4. The first-order chi connectivity index (χ1) is 17.4. The number of alkyl halides is 3. The molecule has 3 aliphatic heterocycles. The number of benzene rings is 1. The van der Waals surface area contributed by atoms with Crippen LogP contribution in [0.15, 0.2) is 42.5 Å². The fourth-order valence-electron chi connectivity index (χ4n) is 5.42. The van der Waals surface area contributed by atoms with Crippen LogP contribution in [0.5, 0.6) is 0 Å². The molecule has 4 heterocycles. The monoisotopic (exact) mass is 512 g/mol. The number of nitrogens with one attached hydrogen (secondary N) is 1. The number of fused-ring (bicyclic) bond motifs is 1. The third kappa shape index (κ3) is 4.90. The molecule has 1 aromatic heterocycles. The Morgan fingerprint density at radius 3 is 2.46 bits per heavy atom. The van der Waals surface area contributed by atoms with Gasteiger partial charge in [-0.1, -0.05) is 32.1 Å². The lowest BCUT2D eigenvalue weighted by molar-refractivity contribution is -0.138. The molecule has 0 bridgehead atoms. The molecule has 1 aromatic carbocycles. The fraction of sp³-hybridized carbons (Fsp3) is 0.407. The quantitative estimate of drug-likeness (QED) is 0.631. The molecule has 7 nitrogen and oxygen atoms in total. The highest BCUT2D eigenvalue weighted by atomic mass is 19.4. The number of halogens is 3. The van der Waals surface area contributed by atoms with Crippen molar-refractivity contribution in [2.75, 3.05) is 13.1 Å². The minimum atomic E-state index is -4.35. The first kappa shape index (κ1) is 25.1. The van der Waals surface area contributed by atoms with Gasteiger partial charge in [0.1, 0.15) is 6.04 Å². The molecule has 1 atom stereocenters. The number of hydrogen-bond acceptors (Lipinski definition) is 5. The van der Waals surface area contributed by atoms with Crippen molar-refractivity contribution >= 4 is 23.3 Å². The van der Waals surface area contributed by atoms with Gasteiger partial charge in [0.05, 0.1) is 29.1 Å². The minimum Gasteiger partial charge on any atom is -0.321 e. The SMILES string of the molecule is CC1(C)CN(Cc2ccc(C(F)(F)F)cc2)CC=C1c1ccc2c(n1)CN(C1CCC(=O)NC1=O)C2=O. The summed E-state index contributed by atoms with van der Waals surface area (Å²) in [7, 11) is 0. The van der Waals surface area contributed by atoms with Crippen molar-refractivity contribution in [3.05, 3.63) is 70.6 Å². The van der Waals surface area contributed by atoms with Gasteiger partial charge in [-0.05, 0) is 41.8 Å². The molecule has 0 radical (unpaired) electrons. The van der Waals surface area contributed by atoms with E-state index in [1.54, 1.807) is 6.07 Å². The van der Waals surface area contributed by atoms with E-state index < -0.39 is 23.7 Å². The normalized spacial score (nSPS) is 22.1. The van der Waals surface area contributed by atoms with E-state index in [2.05, 4.69) is 30.1 Å². The summed E-state index contributed by atoms with van der Waals surface area (Å²) < 4.78 is 38.6. The number of carbonyl (C=O) groups is 3. The summed E-state index contributed by atoms with van der Waals surface area (Å²) in [6.07, 6.45) is -1.78. The number of pyridine rings is 1.